The Labute approximate surface area is 128 Å². The van der Waals surface area contributed by atoms with Crippen LogP contribution in [0.2, 0.25) is 0 Å². The van der Waals surface area contributed by atoms with E-state index in [4.69, 9.17) is 11.6 Å². The van der Waals surface area contributed by atoms with Crippen LogP contribution in [0.4, 0.5) is 0 Å². The van der Waals surface area contributed by atoms with Gasteiger partial charge in [0.15, 0.2) is 0 Å². The second-order valence-corrected chi connectivity index (χ2v) is 5.96. The van der Waals surface area contributed by atoms with Gasteiger partial charge in [-0.3, -0.25) is 4.98 Å². The lowest BCUT2D eigenvalue weighted by atomic mass is 9.76. The average Bonchev–Trinajstić information content (AvgIpc) is 2.48. The number of alkyl halides is 1. The minimum absolute atomic E-state index is 0.0381. The second-order valence-electron chi connectivity index (χ2n) is 4.78. The molecule has 1 unspecified atom stereocenters. The van der Waals surface area contributed by atoms with Gasteiger partial charge in [0.05, 0.1) is 0 Å². The van der Waals surface area contributed by atoms with E-state index in [-0.39, 0.29) is 5.41 Å². The predicted molar refractivity (Wildman–Crippen MR) is 84.8 cm³/mol. The molecule has 0 aliphatic rings. The molecular weight excluding hydrogens is 322 g/mol. The molecule has 0 spiro atoms. The minimum Gasteiger partial charge on any atom is -0.260 e. The van der Waals surface area contributed by atoms with E-state index >= 15 is 0 Å². The third-order valence-corrected chi connectivity index (χ3v) is 4.61. The van der Waals surface area contributed by atoms with Crippen molar-refractivity contribution < 1.29 is 0 Å². The van der Waals surface area contributed by atoms with E-state index in [0.717, 1.165) is 23.0 Å². The third kappa shape index (κ3) is 3.37. The van der Waals surface area contributed by atoms with Crippen molar-refractivity contribution in [3.05, 3.63) is 64.4 Å². The van der Waals surface area contributed by atoms with Gasteiger partial charge >= 0.3 is 0 Å². The van der Waals surface area contributed by atoms with E-state index < -0.39 is 0 Å². The fraction of sp³-hybridized carbons (Fsp3) is 0.312. The highest BCUT2D eigenvalue weighted by Gasteiger charge is 2.30. The number of halogens is 2. The van der Waals surface area contributed by atoms with Gasteiger partial charge in [0.1, 0.15) is 0 Å². The summed E-state index contributed by atoms with van der Waals surface area (Å²) < 4.78 is 1.00. The van der Waals surface area contributed by atoms with Gasteiger partial charge in [0.2, 0.25) is 0 Å². The molecule has 100 valence electrons. The maximum atomic E-state index is 6.30. The van der Waals surface area contributed by atoms with Crippen molar-refractivity contribution in [2.24, 2.45) is 0 Å². The first kappa shape index (κ1) is 14.5. The predicted octanol–water partition coefficient (Wildman–Crippen LogP) is 4.97. The molecule has 1 nitrogen and oxygen atoms in total. The van der Waals surface area contributed by atoms with E-state index in [2.05, 4.69) is 58.2 Å². The van der Waals surface area contributed by atoms with Gasteiger partial charge in [0.25, 0.3) is 0 Å². The number of pyridine rings is 1. The summed E-state index contributed by atoms with van der Waals surface area (Å²) in [5.74, 6) is 0.602. The van der Waals surface area contributed by atoms with Crippen LogP contribution in [0.5, 0.6) is 0 Å². The largest absolute Gasteiger partial charge is 0.260 e. The van der Waals surface area contributed by atoms with Crippen LogP contribution in [0.1, 0.15) is 24.6 Å². The molecule has 19 heavy (non-hydrogen) atoms. The summed E-state index contributed by atoms with van der Waals surface area (Å²) in [6, 6.07) is 14.6. The molecule has 0 bridgehead atoms. The average molecular weight is 339 g/mol. The van der Waals surface area contributed by atoms with Gasteiger partial charge in [-0.1, -0.05) is 37.3 Å². The Morgan fingerprint density at radius 1 is 1.16 bits per heavy atom. The van der Waals surface area contributed by atoms with E-state index in [0.29, 0.717) is 5.88 Å². The number of aromatic nitrogens is 1. The van der Waals surface area contributed by atoms with E-state index in [1.807, 2.05) is 18.3 Å². The summed E-state index contributed by atoms with van der Waals surface area (Å²) in [6.07, 6.45) is 3.71. The first-order chi connectivity index (χ1) is 9.20. The smallest absolute Gasteiger partial charge is 0.0413 e. The molecule has 0 saturated heterocycles. The van der Waals surface area contributed by atoms with Gasteiger partial charge in [-0.2, -0.15) is 0 Å². The summed E-state index contributed by atoms with van der Waals surface area (Å²) in [4.78, 5) is 4.48. The molecule has 0 radical (unpaired) electrons. The number of benzene rings is 1. The van der Waals surface area contributed by atoms with Gasteiger partial charge < -0.3 is 0 Å². The molecular formula is C16H17BrClN. The summed E-state index contributed by atoms with van der Waals surface area (Å²) in [5, 5.41) is 0. The molecule has 0 aliphatic heterocycles. The zero-order valence-electron chi connectivity index (χ0n) is 10.9. The van der Waals surface area contributed by atoms with Crippen molar-refractivity contribution in [1.82, 2.24) is 4.98 Å². The monoisotopic (exact) mass is 337 g/mol. The van der Waals surface area contributed by atoms with Crippen LogP contribution in [0.15, 0.2) is 53.1 Å². The number of hydrogen-bond acceptors (Lipinski definition) is 1. The molecule has 1 aromatic carbocycles. The van der Waals surface area contributed by atoms with E-state index in [1.54, 1.807) is 0 Å². The van der Waals surface area contributed by atoms with Gasteiger partial charge in [-0.05, 0) is 40.0 Å². The molecule has 0 saturated carbocycles. The summed E-state index contributed by atoms with van der Waals surface area (Å²) in [7, 11) is 0. The maximum absolute atomic E-state index is 6.30. The maximum Gasteiger partial charge on any atom is 0.0413 e. The molecule has 0 aliphatic carbocycles. The highest BCUT2D eigenvalue weighted by molar-refractivity contribution is 9.10. The van der Waals surface area contributed by atoms with Crippen LogP contribution in [-0.2, 0) is 11.8 Å². The third-order valence-electron chi connectivity index (χ3n) is 3.63. The van der Waals surface area contributed by atoms with Crippen LogP contribution in [0.25, 0.3) is 0 Å². The molecule has 0 amide bonds. The molecule has 3 heteroatoms. The Kier molecular flexibility index (Phi) is 5.00. The highest BCUT2D eigenvalue weighted by atomic mass is 79.9. The minimum atomic E-state index is -0.0381. The van der Waals surface area contributed by atoms with Crippen LogP contribution in [-0.4, -0.2) is 10.9 Å². The SMILES string of the molecule is CCC(CCl)(Cc1ccc(Br)cn1)c1ccccc1. The lowest BCUT2D eigenvalue weighted by Crippen LogP contribution is -2.30. The van der Waals surface area contributed by atoms with Crippen LogP contribution in [0, 0.1) is 0 Å². The van der Waals surface area contributed by atoms with Crippen LogP contribution >= 0.6 is 27.5 Å². The quantitative estimate of drug-likeness (QED) is 0.701. The number of hydrogen-bond donors (Lipinski definition) is 0. The molecule has 2 rings (SSSR count). The Morgan fingerprint density at radius 2 is 1.89 bits per heavy atom. The second kappa shape index (κ2) is 6.53. The zero-order valence-corrected chi connectivity index (χ0v) is 13.3. The molecule has 2 aromatic rings. The summed E-state index contributed by atoms with van der Waals surface area (Å²) >= 11 is 9.72. The molecule has 1 atom stereocenters. The topological polar surface area (TPSA) is 12.9 Å². The summed E-state index contributed by atoms with van der Waals surface area (Å²) in [5.41, 5.74) is 2.33. The van der Waals surface area contributed by atoms with Crippen molar-refractivity contribution >= 4 is 27.5 Å². The first-order valence-corrected chi connectivity index (χ1v) is 7.75. The van der Waals surface area contributed by atoms with Gasteiger partial charge in [0, 0.05) is 34.1 Å². The van der Waals surface area contributed by atoms with Crippen molar-refractivity contribution in [3.8, 4) is 0 Å². The van der Waals surface area contributed by atoms with Crippen molar-refractivity contribution in [3.63, 3.8) is 0 Å². The van der Waals surface area contributed by atoms with Crippen LogP contribution in [0.3, 0.4) is 0 Å². The Hall–Kier alpha value is -0.860. The van der Waals surface area contributed by atoms with E-state index in [1.165, 1.54) is 5.56 Å². The molecule has 1 aromatic heterocycles. The van der Waals surface area contributed by atoms with Crippen LogP contribution < -0.4 is 0 Å². The molecule has 0 N–H and O–H groups in total. The lowest BCUT2D eigenvalue weighted by Gasteiger charge is -2.31. The van der Waals surface area contributed by atoms with Gasteiger partial charge in [-0.15, -0.1) is 11.6 Å². The van der Waals surface area contributed by atoms with Crippen molar-refractivity contribution in [1.29, 1.82) is 0 Å². The molecule has 0 fully saturated rings. The highest BCUT2D eigenvalue weighted by Crippen LogP contribution is 2.33. The van der Waals surface area contributed by atoms with Gasteiger partial charge in [-0.25, -0.2) is 0 Å². The fourth-order valence-corrected chi connectivity index (χ4v) is 2.97. The lowest BCUT2D eigenvalue weighted by molar-refractivity contribution is 0.453. The Balaban J connectivity index is 2.32. The number of nitrogens with zero attached hydrogens (tertiary/aromatic N) is 1. The normalized spacial score (nSPS) is 14.1. The summed E-state index contributed by atoms with van der Waals surface area (Å²) in [6.45, 7) is 2.19. The first-order valence-electron chi connectivity index (χ1n) is 6.42. The zero-order chi connectivity index (χ0) is 13.7. The Bertz CT molecular complexity index is 506. The Morgan fingerprint density at radius 3 is 2.42 bits per heavy atom. The standard InChI is InChI=1S/C16H17BrClN/c1-2-16(12-18,13-6-4-3-5-7-13)10-15-9-8-14(17)11-19-15/h3-9,11H,2,10,12H2,1H3. The fourth-order valence-electron chi connectivity index (χ4n) is 2.30. The van der Waals surface area contributed by atoms with Crippen molar-refractivity contribution in [2.45, 2.75) is 25.2 Å². The van der Waals surface area contributed by atoms with E-state index in [9.17, 15) is 0 Å². The molecule has 1 heterocycles. The van der Waals surface area contributed by atoms with Crippen molar-refractivity contribution in [2.75, 3.05) is 5.88 Å². The number of rotatable bonds is 5.